The molecule has 1 saturated carbocycles. The van der Waals surface area contributed by atoms with E-state index in [1.165, 1.54) is 0 Å². The van der Waals surface area contributed by atoms with Gasteiger partial charge in [-0.25, -0.2) is 0 Å². The fraction of sp³-hybridized carbons (Fsp3) is 0.444. The maximum atomic E-state index is 8.77. The monoisotopic (exact) mass is 162 g/mol. The number of nitrogens with zero attached hydrogens (tertiary/aromatic N) is 2. The maximum absolute atomic E-state index is 8.77. The van der Waals surface area contributed by atoms with Gasteiger partial charge in [-0.05, 0) is 25.0 Å². The molecule has 0 unspecified atom stereocenters. The van der Waals surface area contributed by atoms with Crippen LogP contribution < -0.4 is 0 Å². The third kappa shape index (κ3) is 1.42. The summed E-state index contributed by atoms with van der Waals surface area (Å²) in [5, 5.41) is 8.77. The minimum absolute atomic E-state index is 0.472. The lowest BCUT2D eigenvalue weighted by atomic mass is 10.4. The smallest absolute Gasteiger partial charge is 0.180 e. The van der Waals surface area contributed by atoms with Gasteiger partial charge in [0.2, 0.25) is 0 Å². The summed E-state index contributed by atoms with van der Waals surface area (Å²) >= 11 is 0. The third-order valence-corrected chi connectivity index (χ3v) is 2.02. The Morgan fingerprint density at radius 2 is 2.50 bits per heavy atom. The summed E-state index contributed by atoms with van der Waals surface area (Å²) in [5.41, 5.74) is 0. The summed E-state index contributed by atoms with van der Waals surface area (Å²) in [4.78, 5) is 1.78. The quantitative estimate of drug-likeness (QED) is 0.502. The van der Waals surface area contributed by atoms with Crippen molar-refractivity contribution in [3.05, 3.63) is 24.2 Å². The van der Waals surface area contributed by atoms with E-state index in [4.69, 9.17) is 9.68 Å². The first kappa shape index (κ1) is 7.23. The number of nitriles is 1. The minimum Gasteiger partial charge on any atom is -0.467 e. The first-order valence-corrected chi connectivity index (χ1v) is 4.09. The molecule has 0 amide bonds. The van der Waals surface area contributed by atoms with Crippen LogP contribution >= 0.6 is 0 Å². The first-order chi connectivity index (χ1) is 5.90. The summed E-state index contributed by atoms with van der Waals surface area (Å²) in [6.45, 7) is 0.619. The molecule has 1 heterocycles. The Morgan fingerprint density at radius 3 is 3.00 bits per heavy atom. The first-order valence-electron chi connectivity index (χ1n) is 4.09. The van der Waals surface area contributed by atoms with E-state index in [9.17, 15) is 0 Å². The lowest BCUT2D eigenvalue weighted by molar-refractivity contribution is 0.333. The average molecular weight is 162 g/mol. The molecule has 0 bridgehead atoms. The van der Waals surface area contributed by atoms with Crippen LogP contribution in [0.2, 0.25) is 0 Å². The molecule has 3 heteroatoms. The predicted molar refractivity (Wildman–Crippen MR) is 42.9 cm³/mol. The molecule has 0 radical (unpaired) electrons. The van der Waals surface area contributed by atoms with Gasteiger partial charge in [0, 0.05) is 6.04 Å². The zero-order chi connectivity index (χ0) is 8.39. The molecule has 2 rings (SSSR count). The van der Waals surface area contributed by atoms with Crippen molar-refractivity contribution in [2.45, 2.75) is 25.4 Å². The highest BCUT2D eigenvalue weighted by molar-refractivity contribution is 5.02. The van der Waals surface area contributed by atoms with Crippen LogP contribution in [0.3, 0.4) is 0 Å². The molecule has 1 aliphatic rings. The Bertz CT molecular complexity index is 282. The summed E-state index contributed by atoms with van der Waals surface area (Å²) in [5.74, 6) is 0.864. The van der Waals surface area contributed by atoms with Gasteiger partial charge < -0.3 is 4.42 Å². The average Bonchev–Trinajstić information content (AvgIpc) is 2.80. The van der Waals surface area contributed by atoms with Crippen molar-refractivity contribution in [3.8, 4) is 6.19 Å². The van der Waals surface area contributed by atoms with Crippen LogP contribution in [0, 0.1) is 11.5 Å². The summed E-state index contributed by atoms with van der Waals surface area (Å²) in [6, 6.07) is 4.21. The van der Waals surface area contributed by atoms with Crippen LogP contribution in [0.25, 0.3) is 0 Å². The largest absolute Gasteiger partial charge is 0.467 e. The SMILES string of the molecule is N#CN(Cc1ccco1)C1CC1. The van der Waals surface area contributed by atoms with Crippen molar-refractivity contribution in [2.75, 3.05) is 0 Å². The maximum Gasteiger partial charge on any atom is 0.180 e. The highest BCUT2D eigenvalue weighted by Crippen LogP contribution is 2.27. The molecule has 1 aliphatic carbocycles. The van der Waals surface area contributed by atoms with Crippen molar-refractivity contribution in [1.82, 2.24) is 4.90 Å². The Labute approximate surface area is 71.2 Å². The minimum atomic E-state index is 0.472. The third-order valence-electron chi connectivity index (χ3n) is 2.02. The van der Waals surface area contributed by atoms with Crippen molar-refractivity contribution >= 4 is 0 Å². The molecular formula is C9H10N2O. The van der Waals surface area contributed by atoms with E-state index in [1.54, 1.807) is 11.2 Å². The predicted octanol–water partition coefficient (Wildman–Crippen LogP) is 1.73. The fourth-order valence-corrected chi connectivity index (χ4v) is 1.20. The van der Waals surface area contributed by atoms with Crippen molar-refractivity contribution in [3.63, 3.8) is 0 Å². The van der Waals surface area contributed by atoms with E-state index in [2.05, 4.69) is 6.19 Å². The van der Waals surface area contributed by atoms with E-state index in [0.717, 1.165) is 18.6 Å². The number of hydrogen-bond acceptors (Lipinski definition) is 3. The van der Waals surface area contributed by atoms with Gasteiger partial charge in [-0.3, -0.25) is 4.90 Å². The standard InChI is InChI=1S/C9H10N2O/c10-7-11(8-3-4-8)6-9-2-1-5-12-9/h1-2,5,8H,3-4,6H2. The van der Waals surface area contributed by atoms with Gasteiger partial charge in [0.15, 0.2) is 6.19 Å². The molecule has 62 valence electrons. The second kappa shape index (κ2) is 2.90. The Balaban J connectivity index is 1.97. The number of rotatable bonds is 3. The molecule has 0 atom stereocenters. The molecule has 0 aliphatic heterocycles. The highest BCUT2D eigenvalue weighted by Gasteiger charge is 2.28. The van der Waals surface area contributed by atoms with Gasteiger partial charge in [-0.2, -0.15) is 5.26 Å². The zero-order valence-corrected chi connectivity index (χ0v) is 6.73. The van der Waals surface area contributed by atoms with Crippen molar-refractivity contribution in [2.24, 2.45) is 0 Å². The van der Waals surface area contributed by atoms with Crippen LogP contribution in [-0.4, -0.2) is 10.9 Å². The van der Waals surface area contributed by atoms with Gasteiger partial charge in [-0.15, -0.1) is 0 Å². The summed E-state index contributed by atoms with van der Waals surface area (Å²) < 4.78 is 5.15. The molecule has 0 saturated heterocycles. The van der Waals surface area contributed by atoms with E-state index in [1.807, 2.05) is 12.1 Å². The lowest BCUT2D eigenvalue weighted by Crippen LogP contribution is -2.18. The zero-order valence-electron chi connectivity index (χ0n) is 6.73. The van der Waals surface area contributed by atoms with Crippen LogP contribution in [0.5, 0.6) is 0 Å². The van der Waals surface area contributed by atoms with E-state index in [-0.39, 0.29) is 0 Å². The van der Waals surface area contributed by atoms with E-state index >= 15 is 0 Å². The molecule has 3 nitrogen and oxygen atoms in total. The Kier molecular flexibility index (Phi) is 1.75. The molecule has 1 aromatic rings. The normalized spacial score (nSPS) is 15.6. The Morgan fingerprint density at radius 1 is 1.67 bits per heavy atom. The molecule has 12 heavy (non-hydrogen) atoms. The van der Waals surface area contributed by atoms with E-state index < -0.39 is 0 Å². The topological polar surface area (TPSA) is 40.2 Å². The lowest BCUT2D eigenvalue weighted by Gasteiger charge is -2.11. The summed E-state index contributed by atoms with van der Waals surface area (Å²) in [7, 11) is 0. The second-order valence-electron chi connectivity index (χ2n) is 3.04. The van der Waals surface area contributed by atoms with Gasteiger partial charge in [0.1, 0.15) is 5.76 Å². The van der Waals surface area contributed by atoms with Gasteiger partial charge in [0.05, 0.1) is 12.8 Å². The fourth-order valence-electron chi connectivity index (χ4n) is 1.20. The number of furan rings is 1. The van der Waals surface area contributed by atoms with Crippen LogP contribution in [-0.2, 0) is 6.54 Å². The van der Waals surface area contributed by atoms with Gasteiger partial charge in [-0.1, -0.05) is 0 Å². The Hall–Kier alpha value is -1.43. The van der Waals surface area contributed by atoms with E-state index in [0.29, 0.717) is 12.6 Å². The van der Waals surface area contributed by atoms with Crippen molar-refractivity contribution < 1.29 is 4.42 Å². The van der Waals surface area contributed by atoms with Crippen LogP contribution in [0.1, 0.15) is 18.6 Å². The highest BCUT2D eigenvalue weighted by atomic mass is 16.3. The summed E-state index contributed by atoms with van der Waals surface area (Å²) in [6.07, 6.45) is 6.11. The van der Waals surface area contributed by atoms with Gasteiger partial charge >= 0.3 is 0 Å². The van der Waals surface area contributed by atoms with Crippen LogP contribution in [0.4, 0.5) is 0 Å². The van der Waals surface area contributed by atoms with Crippen molar-refractivity contribution in [1.29, 1.82) is 5.26 Å². The van der Waals surface area contributed by atoms with Crippen LogP contribution in [0.15, 0.2) is 22.8 Å². The molecule has 1 aromatic heterocycles. The second-order valence-corrected chi connectivity index (χ2v) is 3.04. The number of hydrogen-bond donors (Lipinski definition) is 0. The molecule has 0 N–H and O–H groups in total. The molecular weight excluding hydrogens is 152 g/mol. The molecule has 0 spiro atoms. The molecule has 0 aromatic carbocycles. The van der Waals surface area contributed by atoms with Gasteiger partial charge in [0.25, 0.3) is 0 Å². The molecule has 1 fully saturated rings.